The number of likely N-dealkylation sites (tertiary alicyclic amines) is 1. The number of nitriles is 1. The highest BCUT2D eigenvalue weighted by molar-refractivity contribution is 5.92. The van der Waals surface area contributed by atoms with Gasteiger partial charge in [-0.1, -0.05) is 6.07 Å². The van der Waals surface area contributed by atoms with Crippen molar-refractivity contribution in [3.63, 3.8) is 0 Å². The highest BCUT2D eigenvalue weighted by atomic mass is 16.5. The molecule has 0 atom stereocenters. The largest absolute Gasteiger partial charge is 0.474 e. The molecule has 0 spiro atoms. The number of pyridine rings is 2. The number of rotatable bonds is 3. The second-order valence-corrected chi connectivity index (χ2v) is 5.77. The lowest BCUT2D eigenvalue weighted by molar-refractivity contribution is 0.0582. The molecule has 122 valence electrons. The van der Waals surface area contributed by atoms with Crippen LogP contribution in [0.4, 0.5) is 0 Å². The summed E-state index contributed by atoms with van der Waals surface area (Å²) in [4.78, 5) is 22.6. The van der Waals surface area contributed by atoms with Crippen molar-refractivity contribution in [1.29, 1.82) is 5.26 Å². The van der Waals surface area contributed by atoms with Gasteiger partial charge in [-0.15, -0.1) is 0 Å². The number of ether oxygens (including phenoxy) is 1. The predicted octanol–water partition coefficient (Wildman–Crippen LogP) is 2.34. The molecule has 0 saturated carbocycles. The summed E-state index contributed by atoms with van der Waals surface area (Å²) in [5.74, 6) is 0.528. The van der Waals surface area contributed by atoms with Crippen LogP contribution in [-0.4, -0.2) is 40.0 Å². The van der Waals surface area contributed by atoms with Crippen molar-refractivity contribution in [2.75, 3.05) is 13.1 Å². The minimum absolute atomic E-state index is 0.0669. The fourth-order valence-electron chi connectivity index (χ4n) is 2.68. The third kappa shape index (κ3) is 3.69. The number of amides is 1. The maximum atomic E-state index is 12.4. The third-order valence-electron chi connectivity index (χ3n) is 3.99. The first-order valence-electron chi connectivity index (χ1n) is 7.91. The van der Waals surface area contributed by atoms with Gasteiger partial charge in [0.1, 0.15) is 17.9 Å². The Morgan fingerprint density at radius 1 is 1.29 bits per heavy atom. The average molecular weight is 322 g/mol. The Hall–Kier alpha value is -2.94. The first-order valence-corrected chi connectivity index (χ1v) is 7.91. The van der Waals surface area contributed by atoms with Crippen LogP contribution in [0.2, 0.25) is 0 Å². The van der Waals surface area contributed by atoms with Gasteiger partial charge in [0.2, 0.25) is 5.88 Å². The predicted molar refractivity (Wildman–Crippen MR) is 87.5 cm³/mol. The standard InChI is InChI=1S/C18H18N4O2/c1-13-3-2-4-17(21-13)24-15-7-9-22(10-8-15)18(23)16-6-5-14(11-19)12-20-16/h2-6,12,15H,7-10H2,1H3. The summed E-state index contributed by atoms with van der Waals surface area (Å²) in [6.45, 7) is 3.17. The third-order valence-corrected chi connectivity index (χ3v) is 3.99. The summed E-state index contributed by atoms with van der Waals surface area (Å²) in [6, 6.07) is 10.9. The molecule has 0 aromatic carbocycles. The molecule has 6 heteroatoms. The van der Waals surface area contributed by atoms with Gasteiger partial charge in [0, 0.05) is 43.9 Å². The van der Waals surface area contributed by atoms with E-state index in [1.165, 1.54) is 6.20 Å². The van der Waals surface area contributed by atoms with Crippen molar-refractivity contribution in [3.05, 3.63) is 53.5 Å². The summed E-state index contributed by atoms with van der Waals surface area (Å²) in [5.41, 5.74) is 1.74. The van der Waals surface area contributed by atoms with Gasteiger partial charge in [-0.3, -0.25) is 4.79 Å². The molecule has 1 amide bonds. The fourth-order valence-corrected chi connectivity index (χ4v) is 2.68. The average Bonchev–Trinajstić information content (AvgIpc) is 2.62. The number of carbonyl (C=O) groups is 1. The lowest BCUT2D eigenvalue weighted by Gasteiger charge is -2.31. The summed E-state index contributed by atoms with van der Waals surface area (Å²) in [5, 5.41) is 8.78. The normalized spacial score (nSPS) is 14.9. The van der Waals surface area contributed by atoms with Crippen LogP contribution in [0.3, 0.4) is 0 Å². The minimum Gasteiger partial charge on any atom is -0.474 e. The second-order valence-electron chi connectivity index (χ2n) is 5.77. The Bertz CT molecular complexity index is 759. The smallest absolute Gasteiger partial charge is 0.272 e. The van der Waals surface area contributed by atoms with E-state index >= 15 is 0 Å². The maximum Gasteiger partial charge on any atom is 0.272 e. The molecule has 1 aliphatic heterocycles. The summed E-state index contributed by atoms with van der Waals surface area (Å²) in [7, 11) is 0. The summed E-state index contributed by atoms with van der Waals surface area (Å²) >= 11 is 0. The zero-order chi connectivity index (χ0) is 16.9. The molecule has 6 nitrogen and oxygen atoms in total. The molecule has 1 saturated heterocycles. The zero-order valence-electron chi connectivity index (χ0n) is 13.5. The first-order chi connectivity index (χ1) is 11.7. The number of hydrogen-bond donors (Lipinski definition) is 0. The fraction of sp³-hybridized carbons (Fsp3) is 0.333. The van der Waals surface area contributed by atoms with Crippen molar-refractivity contribution < 1.29 is 9.53 Å². The van der Waals surface area contributed by atoms with Gasteiger partial charge in [0.15, 0.2) is 0 Å². The molecule has 2 aromatic heterocycles. The van der Waals surface area contributed by atoms with Gasteiger partial charge in [0.25, 0.3) is 5.91 Å². The van der Waals surface area contributed by atoms with Crippen LogP contribution in [0, 0.1) is 18.3 Å². The molecule has 3 heterocycles. The van der Waals surface area contributed by atoms with Crippen molar-refractivity contribution in [2.45, 2.75) is 25.9 Å². The lowest BCUT2D eigenvalue weighted by Crippen LogP contribution is -2.42. The number of piperidine rings is 1. The Balaban J connectivity index is 1.56. The van der Waals surface area contributed by atoms with E-state index in [-0.39, 0.29) is 12.0 Å². The van der Waals surface area contributed by atoms with Crippen LogP contribution in [-0.2, 0) is 0 Å². The SMILES string of the molecule is Cc1cccc(OC2CCN(C(=O)c3ccc(C#N)cn3)CC2)n1. The van der Waals surface area contributed by atoms with Crippen LogP contribution in [0.1, 0.15) is 34.6 Å². The minimum atomic E-state index is -0.105. The molecule has 24 heavy (non-hydrogen) atoms. The van der Waals surface area contributed by atoms with E-state index < -0.39 is 0 Å². The van der Waals surface area contributed by atoms with Gasteiger partial charge >= 0.3 is 0 Å². The van der Waals surface area contributed by atoms with E-state index in [2.05, 4.69) is 9.97 Å². The summed E-state index contributed by atoms with van der Waals surface area (Å²) in [6.07, 6.45) is 3.01. The highest BCUT2D eigenvalue weighted by Crippen LogP contribution is 2.18. The molecule has 2 aromatic rings. The molecule has 0 N–H and O–H groups in total. The van der Waals surface area contributed by atoms with E-state index in [1.807, 2.05) is 31.2 Å². The van der Waals surface area contributed by atoms with Gasteiger partial charge in [-0.05, 0) is 25.1 Å². The number of aryl methyl sites for hydroxylation is 1. The Kier molecular flexibility index (Phi) is 4.71. The molecule has 0 bridgehead atoms. The van der Waals surface area contributed by atoms with Crippen LogP contribution < -0.4 is 4.74 Å². The van der Waals surface area contributed by atoms with Crippen LogP contribution in [0.5, 0.6) is 5.88 Å². The quantitative estimate of drug-likeness (QED) is 0.866. The maximum absolute atomic E-state index is 12.4. The number of hydrogen-bond acceptors (Lipinski definition) is 5. The van der Waals surface area contributed by atoms with Crippen molar-refractivity contribution >= 4 is 5.91 Å². The Labute approximate surface area is 140 Å². The van der Waals surface area contributed by atoms with Gasteiger partial charge < -0.3 is 9.64 Å². The van der Waals surface area contributed by atoms with E-state index in [4.69, 9.17) is 10.00 Å². The highest BCUT2D eigenvalue weighted by Gasteiger charge is 2.25. The van der Waals surface area contributed by atoms with Gasteiger partial charge in [0.05, 0.1) is 5.56 Å². The molecule has 0 unspecified atom stereocenters. The second kappa shape index (κ2) is 7.09. The van der Waals surface area contributed by atoms with Crippen molar-refractivity contribution in [2.24, 2.45) is 0 Å². The Morgan fingerprint density at radius 3 is 2.71 bits per heavy atom. The van der Waals surface area contributed by atoms with Crippen LogP contribution >= 0.6 is 0 Å². The molecule has 1 fully saturated rings. The van der Waals surface area contributed by atoms with E-state index in [9.17, 15) is 4.79 Å². The number of nitrogens with zero attached hydrogens (tertiary/aromatic N) is 4. The van der Waals surface area contributed by atoms with Crippen LogP contribution in [0.25, 0.3) is 0 Å². The molecule has 1 aliphatic rings. The topological polar surface area (TPSA) is 79.1 Å². The first kappa shape index (κ1) is 15.9. The van der Waals surface area contributed by atoms with Gasteiger partial charge in [-0.2, -0.15) is 5.26 Å². The van der Waals surface area contributed by atoms with Crippen molar-refractivity contribution in [1.82, 2.24) is 14.9 Å². The monoisotopic (exact) mass is 322 g/mol. The van der Waals surface area contributed by atoms with E-state index in [0.717, 1.165) is 18.5 Å². The molecular formula is C18H18N4O2. The molecule has 0 aliphatic carbocycles. The molecule has 0 radical (unpaired) electrons. The van der Waals surface area contributed by atoms with E-state index in [1.54, 1.807) is 17.0 Å². The van der Waals surface area contributed by atoms with Gasteiger partial charge in [-0.25, -0.2) is 9.97 Å². The number of aromatic nitrogens is 2. The number of carbonyl (C=O) groups excluding carboxylic acids is 1. The van der Waals surface area contributed by atoms with Crippen LogP contribution in [0.15, 0.2) is 36.5 Å². The zero-order valence-corrected chi connectivity index (χ0v) is 13.5. The molecular weight excluding hydrogens is 304 g/mol. The summed E-state index contributed by atoms with van der Waals surface area (Å²) < 4.78 is 5.90. The molecule has 3 rings (SSSR count). The van der Waals surface area contributed by atoms with Crippen molar-refractivity contribution in [3.8, 4) is 11.9 Å². The Morgan fingerprint density at radius 2 is 2.08 bits per heavy atom. The van der Waals surface area contributed by atoms with E-state index in [0.29, 0.717) is 30.2 Å². The lowest BCUT2D eigenvalue weighted by atomic mass is 10.1.